The molecule has 0 aliphatic rings. The summed E-state index contributed by atoms with van der Waals surface area (Å²) in [6, 6.07) is 10.6. The molecule has 0 radical (unpaired) electrons. The van der Waals surface area contributed by atoms with E-state index in [1.165, 1.54) is 15.0 Å². The molecule has 0 saturated heterocycles. The number of hydrazine groups is 1. The topological polar surface area (TPSA) is 47.3 Å². The number of hydrogen-bond acceptors (Lipinski definition) is 4. The molecule has 0 saturated carbocycles. The molecule has 2 aromatic rings. The van der Waals surface area contributed by atoms with Crippen LogP contribution >= 0.6 is 11.3 Å². The van der Waals surface area contributed by atoms with Gasteiger partial charge in [-0.2, -0.15) is 0 Å². The lowest BCUT2D eigenvalue weighted by Gasteiger charge is -2.13. The molecule has 0 aliphatic heterocycles. The van der Waals surface area contributed by atoms with Gasteiger partial charge in [-0.25, -0.2) is 5.43 Å². The van der Waals surface area contributed by atoms with Gasteiger partial charge in [0.2, 0.25) is 0 Å². The van der Waals surface area contributed by atoms with Crippen molar-refractivity contribution in [1.82, 2.24) is 5.43 Å². The van der Waals surface area contributed by atoms with Crippen LogP contribution in [-0.4, -0.2) is 13.2 Å². The van der Waals surface area contributed by atoms with Crippen LogP contribution in [0.25, 0.3) is 10.1 Å². The number of hydrogen-bond donors (Lipinski definition) is 2. The third-order valence-electron chi connectivity index (χ3n) is 2.48. The summed E-state index contributed by atoms with van der Waals surface area (Å²) in [4.78, 5) is 1.22. The van der Waals surface area contributed by atoms with E-state index in [4.69, 9.17) is 10.6 Å². The van der Waals surface area contributed by atoms with Crippen LogP contribution in [0.1, 0.15) is 17.8 Å². The molecule has 1 unspecified atom stereocenters. The van der Waals surface area contributed by atoms with Crippen LogP contribution in [-0.2, 0) is 4.74 Å². The van der Waals surface area contributed by atoms with E-state index in [-0.39, 0.29) is 6.04 Å². The van der Waals surface area contributed by atoms with Gasteiger partial charge in [0.1, 0.15) is 0 Å². The summed E-state index contributed by atoms with van der Waals surface area (Å²) in [7, 11) is 0. The first-order chi connectivity index (χ1) is 7.85. The van der Waals surface area contributed by atoms with Crippen LogP contribution in [0, 0.1) is 0 Å². The zero-order valence-electron chi connectivity index (χ0n) is 9.27. The zero-order valence-corrected chi connectivity index (χ0v) is 10.1. The molecule has 0 fully saturated rings. The Labute approximate surface area is 99.2 Å². The minimum absolute atomic E-state index is 0.0809. The fourth-order valence-corrected chi connectivity index (χ4v) is 2.73. The highest BCUT2D eigenvalue weighted by molar-refractivity contribution is 7.19. The van der Waals surface area contributed by atoms with E-state index in [9.17, 15) is 0 Å². The van der Waals surface area contributed by atoms with Crippen molar-refractivity contribution in [2.75, 3.05) is 13.2 Å². The second-order valence-corrected chi connectivity index (χ2v) is 4.68. The Morgan fingerprint density at radius 1 is 1.44 bits per heavy atom. The van der Waals surface area contributed by atoms with Gasteiger partial charge >= 0.3 is 0 Å². The van der Waals surface area contributed by atoms with Crippen molar-refractivity contribution in [1.29, 1.82) is 0 Å². The van der Waals surface area contributed by atoms with Gasteiger partial charge in [-0.15, -0.1) is 11.3 Å². The van der Waals surface area contributed by atoms with Gasteiger partial charge in [-0.3, -0.25) is 5.84 Å². The van der Waals surface area contributed by atoms with E-state index in [0.717, 1.165) is 0 Å². The number of benzene rings is 1. The Balaban J connectivity index is 2.23. The Hall–Kier alpha value is -0.940. The zero-order chi connectivity index (χ0) is 11.4. The highest BCUT2D eigenvalue weighted by atomic mass is 32.1. The van der Waals surface area contributed by atoms with Crippen molar-refractivity contribution in [3.63, 3.8) is 0 Å². The number of fused-ring (bicyclic) bond motifs is 1. The first-order valence-corrected chi connectivity index (χ1v) is 6.19. The molecule has 2 rings (SSSR count). The summed E-state index contributed by atoms with van der Waals surface area (Å²) < 4.78 is 6.69. The van der Waals surface area contributed by atoms with Crippen molar-refractivity contribution in [2.45, 2.75) is 13.0 Å². The lowest BCUT2D eigenvalue weighted by Crippen LogP contribution is -2.30. The average molecular weight is 236 g/mol. The minimum Gasteiger partial charge on any atom is -0.380 e. The molecular formula is C12H16N2OS. The first-order valence-electron chi connectivity index (χ1n) is 5.37. The second-order valence-electron chi connectivity index (χ2n) is 3.57. The van der Waals surface area contributed by atoms with E-state index >= 15 is 0 Å². The smallest absolute Gasteiger partial charge is 0.0786 e. The highest BCUT2D eigenvalue weighted by Crippen LogP contribution is 2.29. The number of nitrogens with two attached hydrogens (primary N) is 1. The van der Waals surface area contributed by atoms with Gasteiger partial charge < -0.3 is 4.74 Å². The molecule has 0 aliphatic carbocycles. The molecule has 86 valence electrons. The van der Waals surface area contributed by atoms with Gasteiger partial charge in [-0.05, 0) is 24.4 Å². The summed E-state index contributed by atoms with van der Waals surface area (Å²) in [5.74, 6) is 5.54. The molecule has 3 nitrogen and oxygen atoms in total. The van der Waals surface area contributed by atoms with Crippen LogP contribution in [0.5, 0.6) is 0 Å². The van der Waals surface area contributed by atoms with Crippen molar-refractivity contribution >= 4 is 21.4 Å². The normalized spacial score (nSPS) is 13.1. The molecule has 3 N–H and O–H groups in total. The van der Waals surface area contributed by atoms with E-state index in [1.54, 1.807) is 11.3 Å². The third kappa shape index (κ3) is 2.41. The SMILES string of the molecule is CCOCC(NN)c1cc2ccccc2s1. The van der Waals surface area contributed by atoms with Gasteiger partial charge in [-0.1, -0.05) is 18.2 Å². The Bertz CT molecular complexity index is 422. The van der Waals surface area contributed by atoms with Crippen LogP contribution in [0.4, 0.5) is 0 Å². The first kappa shape index (κ1) is 11.5. The highest BCUT2D eigenvalue weighted by Gasteiger charge is 2.12. The Morgan fingerprint density at radius 2 is 2.25 bits per heavy atom. The average Bonchev–Trinajstić information content (AvgIpc) is 2.73. The molecular weight excluding hydrogens is 220 g/mol. The lowest BCUT2D eigenvalue weighted by atomic mass is 10.2. The number of rotatable bonds is 5. The van der Waals surface area contributed by atoms with Crippen LogP contribution in [0.15, 0.2) is 30.3 Å². The summed E-state index contributed by atoms with van der Waals surface area (Å²) in [5.41, 5.74) is 2.80. The quantitative estimate of drug-likeness (QED) is 0.619. The maximum absolute atomic E-state index is 5.54. The number of nitrogens with one attached hydrogen (secondary N) is 1. The molecule has 0 bridgehead atoms. The fourth-order valence-electron chi connectivity index (χ4n) is 1.62. The van der Waals surface area contributed by atoms with Gasteiger partial charge in [0.25, 0.3) is 0 Å². The largest absolute Gasteiger partial charge is 0.380 e. The number of ether oxygens (including phenoxy) is 1. The summed E-state index contributed by atoms with van der Waals surface area (Å²) in [5, 5.41) is 1.26. The van der Waals surface area contributed by atoms with Crippen molar-refractivity contribution in [3.05, 3.63) is 35.2 Å². The Morgan fingerprint density at radius 3 is 2.94 bits per heavy atom. The third-order valence-corrected chi connectivity index (χ3v) is 3.71. The van der Waals surface area contributed by atoms with Gasteiger partial charge in [0.05, 0.1) is 12.6 Å². The molecule has 0 amide bonds. The van der Waals surface area contributed by atoms with E-state index < -0.39 is 0 Å². The summed E-state index contributed by atoms with van der Waals surface area (Å²) in [6.45, 7) is 3.31. The predicted molar refractivity (Wildman–Crippen MR) is 68.4 cm³/mol. The van der Waals surface area contributed by atoms with Crippen LogP contribution in [0.2, 0.25) is 0 Å². The van der Waals surface area contributed by atoms with E-state index in [2.05, 4.69) is 29.7 Å². The minimum atomic E-state index is 0.0809. The molecule has 1 atom stereocenters. The lowest BCUT2D eigenvalue weighted by molar-refractivity contribution is 0.124. The summed E-state index contributed by atoms with van der Waals surface area (Å²) in [6.07, 6.45) is 0. The van der Waals surface area contributed by atoms with Crippen LogP contribution in [0.3, 0.4) is 0 Å². The maximum Gasteiger partial charge on any atom is 0.0786 e. The predicted octanol–water partition coefficient (Wildman–Crippen LogP) is 2.44. The standard InChI is InChI=1S/C12H16N2OS/c1-2-15-8-10(14-13)12-7-9-5-3-4-6-11(9)16-12/h3-7,10,14H,2,8,13H2,1H3. The number of thiophene rings is 1. The molecule has 1 heterocycles. The fraction of sp³-hybridized carbons (Fsp3) is 0.333. The van der Waals surface area contributed by atoms with E-state index in [1.807, 2.05) is 13.0 Å². The maximum atomic E-state index is 5.54. The van der Waals surface area contributed by atoms with E-state index in [0.29, 0.717) is 13.2 Å². The van der Waals surface area contributed by atoms with Gasteiger partial charge in [0, 0.05) is 16.2 Å². The van der Waals surface area contributed by atoms with Gasteiger partial charge in [0.15, 0.2) is 0 Å². The molecule has 4 heteroatoms. The molecule has 0 spiro atoms. The van der Waals surface area contributed by atoms with Crippen molar-refractivity contribution in [3.8, 4) is 0 Å². The Kier molecular flexibility index (Phi) is 3.90. The molecule has 16 heavy (non-hydrogen) atoms. The monoisotopic (exact) mass is 236 g/mol. The molecule has 1 aromatic heterocycles. The van der Waals surface area contributed by atoms with Crippen molar-refractivity contribution < 1.29 is 4.74 Å². The summed E-state index contributed by atoms with van der Waals surface area (Å²) >= 11 is 1.76. The van der Waals surface area contributed by atoms with Crippen molar-refractivity contribution in [2.24, 2.45) is 5.84 Å². The van der Waals surface area contributed by atoms with Crippen LogP contribution < -0.4 is 11.3 Å². The molecule has 1 aromatic carbocycles. The second kappa shape index (κ2) is 5.41.